The number of nitrogens with zero attached hydrogens (tertiary/aromatic N) is 1. The second-order valence-electron chi connectivity index (χ2n) is 4.24. The maximum absolute atomic E-state index is 10.6. The van der Waals surface area contributed by atoms with E-state index in [-0.39, 0.29) is 12.4 Å². The third-order valence-electron chi connectivity index (χ3n) is 2.95. The first-order valence-corrected chi connectivity index (χ1v) is 5.06. The molecule has 0 radical (unpaired) electrons. The van der Waals surface area contributed by atoms with Gasteiger partial charge in [0.1, 0.15) is 6.29 Å². The predicted octanol–water partition coefficient (Wildman–Crippen LogP) is 1.73. The molecule has 1 heterocycles. The molecule has 0 aromatic carbocycles. The number of piperidine rings is 1. The van der Waals surface area contributed by atoms with Crippen molar-refractivity contribution in [3.8, 4) is 0 Å². The summed E-state index contributed by atoms with van der Waals surface area (Å²) in [6, 6.07) is 0. The van der Waals surface area contributed by atoms with E-state index in [1.807, 2.05) is 0 Å². The molecule has 0 N–H and O–H groups in total. The second kappa shape index (κ2) is 4.97. The van der Waals surface area contributed by atoms with Gasteiger partial charge in [-0.25, -0.2) is 0 Å². The first kappa shape index (κ1) is 11.0. The lowest BCUT2D eigenvalue weighted by Gasteiger charge is -2.29. The summed E-state index contributed by atoms with van der Waals surface area (Å²) in [5.41, 5.74) is 0. The molecule has 1 aliphatic heterocycles. The monoisotopic (exact) mass is 203 g/mol. The molecule has 0 amide bonds. The van der Waals surface area contributed by atoms with Crippen LogP contribution in [-0.4, -0.2) is 30.8 Å². The maximum atomic E-state index is 10.6. The van der Waals surface area contributed by atoms with E-state index in [1.165, 1.54) is 32.4 Å². The van der Waals surface area contributed by atoms with Crippen molar-refractivity contribution in [2.24, 2.45) is 11.8 Å². The van der Waals surface area contributed by atoms with Crippen LogP contribution >= 0.6 is 12.4 Å². The zero-order chi connectivity index (χ0) is 8.39. The summed E-state index contributed by atoms with van der Waals surface area (Å²) in [5.74, 6) is 1.30. The third-order valence-corrected chi connectivity index (χ3v) is 2.95. The van der Waals surface area contributed by atoms with Gasteiger partial charge in [-0.15, -0.1) is 12.4 Å². The van der Waals surface area contributed by atoms with Crippen LogP contribution in [0.2, 0.25) is 0 Å². The van der Waals surface area contributed by atoms with Crippen molar-refractivity contribution < 1.29 is 4.79 Å². The largest absolute Gasteiger partial charge is 0.303 e. The third kappa shape index (κ3) is 3.28. The summed E-state index contributed by atoms with van der Waals surface area (Å²) in [6.07, 6.45) is 6.31. The standard InChI is InChI=1S/C10H17NO.ClH/c12-8-10-2-1-5-11(7-10)6-9-3-4-9;/h8-10H,1-7H2;1H. The molecule has 2 aliphatic rings. The predicted molar refractivity (Wildman–Crippen MR) is 55.2 cm³/mol. The van der Waals surface area contributed by atoms with Crippen LogP contribution in [-0.2, 0) is 4.79 Å². The van der Waals surface area contributed by atoms with Gasteiger partial charge in [-0.1, -0.05) is 0 Å². The minimum Gasteiger partial charge on any atom is -0.303 e. The average Bonchev–Trinajstić information content (AvgIpc) is 2.89. The lowest BCUT2D eigenvalue weighted by Crippen LogP contribution is -2.37. The molecule has 2 nitrogen and oxygen atoms in total. The van der Waals surface area contributed by atoms with Gasteiger partial charge >= 0.3 is 0 Å². The fourth-order valence-electron chi connectivity index (χ4n) is 2.03. The molecule has 0 bridgehead atoms. The molecule has 13 heavy (non-hydrogen) atoms. The van der Waals surface area contributed by atoms with Crippen LogP contribution < -0.4 is 0 Å². The first-order chi connectivity index (χ1) is 5.88. The van der Waals surface area contributed by atoms with Crippen LogP contribution in [0.3, 0.4) is 0 Å². The van der Waals surface area contributed by atoms with Gasteiger partial charge < -0.3 is 9.69 Å². The summed E-state index contributed by atoms with van der Waals surface area (Å²) >= 11 is 0. The van der Waals surface area contributed by atoms with Gasteiger partial charge in [0.25, 0.3) is 0 Å². The number of rotatable bonds is 3. The molecule has 1 aliphatic carbocycles. The van der Waals surface area contributed by atoms with Crippen molar-refractivity contribution in [3.05, 3.63) is 0 Å². The number of likely N-dealkylation sites (tertiary alicyclic amines) is 1. The molecule has 1 unspecified atom stereocenters. The Kier molecular flexibility index (Phi) is 4.20. The Morgan fingerprint density at radius 2 is 2.08 bits per heavy atom. The number of carbonyl (C=O) groups is 1. The van der Waals surface area contributed by atoms with Crippen molar-refractivity contribution in [2.75, 3.05) is 19.6 Å². The quantitative estimate of drug-likeness (QED) is 0.652. The number of hydrogen-bond donors (Lipinski definition) is 0. The van der Waals surface area contributed by atoms with Crippen LogP contribution in [0.1, 0.15) is 25.7 Å². The van der Waals surface area contributed by atoms with Gasteiger partial charge in [-0.2, -0.15) is 0 Å². The fourth-order valence-corrected chi connectivity index (χ4v) is 2.03. The van der Waals surface area contributed by atoms with Crippen LogP contribution in [0.15, 0.2) is 0 Å². The molecule has 1 atom stereocenters. The molecule has 2 rings (SSSR count). The van der Waals surface area contributed by atoms with Crippen LogP contribution in [0.5, 0.6) is 0 Å². The zero-order valence-corrected chi connectivity index (χ0v) is 8.76. The number of hydrogen-bond acceptors (Lipinski definition) is 2. The van der Waals surface area contributed by atoms with Gasteiger partial charge in [0, 0.05) is 19.0 Å². The molecular formula is C10H18ClNO. The highest BCUT2D eigenvalue weighted by molar-refractivity contribution is 5.85. The Morgan fingerprint density at radius 1 is 1.31 bits per heavy atom. The molecule has 76 valence electrons. The zero-order valence-electron chi connectivity index (χ0n) is 7.95. The highest BCUT2D eigenvalue weighted by Crippen LogP contribution is 2.30. The Morgan fingerprint density at radius 3 is 2.69 bits per heavy atom. The van der Waals surface area contributed by atoms with Gasteiger partial charge in [0.05, 0.1) is 0 Å². The Labute approximate surface area is 86.1 Å². The van der Waals surface area contributed by atoms with Crippen molar-refractivity contribution in [1.82, 2.24) is 4.90 Å². The summed E-state index contributed by atoms with van der Waals surface area (Å²) in [7, 11) is 0. The van der Waals surface area contributed by atoms with Gasteiger partial charge in [-0.05, 0) is 38.1 Å². The molecule has 0 aromatic heterocycles. The minimum absolute atomic E-state index is 0. The van der Waals surface area contributed by atoms with Crippen LogP contribution in [0, 0.1) is 11.8 Å². The lowest BCUT2D eigenvalue weighted by atomic mass is 9.99. The molecule has 0 aromatic rings. The minimum atomic E-state index is 0. The molecular weight excluding hydrogens is 186 g/mol. The van der Waals surface area contributed by atoms with Crippen molar-refractivity contribution in [3.63, 3.8) is 0 Å². The molecule has 2 fully saturated rings. The molecule has 1 saturated carbocycles. The highest BCUT2D eigenvalue weighted by atomic mass is 35.5. The van der Waals surface area contributed by atoms with E-state index in [1.54, 1.807) is 0 Å². The Bertz CT molecular complexity index is 170. The van der Waals surface area contributed by atoms with Crippen LogP contribution in [0.4, 0.5) is 0 Å². The summed E-state index contributed by atoms with van der Waals surface area (Å²) in [5, 5.41) is 0. The van der Waals surface area contributed by atoms with Crippen LogP contribution in [0.25, 0.3) is 0 Å². The highest BCUT2D eigenvalue weighted by Gasteiger charge is 2.27. The molecule has 3 heteroatoms. The van der Waals surface area contributed by atoms with Crippen molar-refractivity contribution >= 4 is 18.7 Å². The fraction of sp³-hybridized carbons (Fsp3) is 0.900. The van der Waals surface area contributed by atoms with E-state index in [4.69, 9.17) is 0 Å². The van der Waals surface area contributed by atoms with E-state index in [2.05, 4.69) is 4.90 Å². The summed E-state index contributed by atoms with van der Waals surface area (Å²) < 4.78 is 0. The normalized spacial score (nSPS) is 29.4. The van der Waals surface area contributed by atoms with Crippen molar-refractivity contribution in [1.29, 1.82) is 0 Å². The molecule has 0 spiro atoms. The van der Waals surface area contributed by atoms with E-state index in [9.17, 15) is 4.79 Å². The number of carbonyl (C=O) groups excluding carboxylic acids is 1. The smallest absolute Gasteiger partial charge is 0.124 e. The van der Waals surface area contributed by atoms with Gasteiger partial charge in [-0.3, -0.25) is 0 Å². The van der Waals surface area contributed by atoms with E-state index >= 15 is 0 Å². The number of halogens is 1. The number of aldehydes is 1. The van der Waals surface area contributed by atoms with Gasteiger partial charge in [0.2, 0.25) is 0 Å². The molecule has 1 saturated heterocycles. The summed E-state index contributed by atoms with van der Waals surface area (Å²) in [4.78, 5) is 13.1. The van der Waals surface area contributed by atoms with E-state index < -0.39 is 0 Å². The second-order valence-corrected chi connectivity index (χ2v) is 4.24. The lowest BCUT2D eigenvalue weighted by molar-refractivity contribution is -0.112. The van der Waals surface area contributed by atoms with Gasteiger partial charge in [0.15, 0.2) is 0 Å². The Hall–Kier alpha value is -0.0800. The average molecular weight is 204 g/mol. The maximum Gasteiger partial charge on any atom is 0.124 e. The summed E-state index contributed by atoms with van der Waals surface area (Å²) in [6.45, 7) is 3.51. The SMILES string of the molecule is Cl.O=CC1CCCN(CC2CC2)C1. The topological polar surface area (TPSA) is 20.3 Å². The van der Waals surface area contributed by atoms with E-state index in [0.29, 0.717) is 5.92 Å². The first-order valence-electron chi connectivity index (χ1n) is 5.06. The Balaban J connectivity index is 0.000000845. The van der Waals surface area contributed by atoms with Crippen molar-refractivity contribution in [2.45, 2.75) is 25.7 Å². The van der Waals surface area contributed by atoms with E-state index in [0.717, 1.165) is 25.2 Å².